The first-order valence-corrected chi connectivity index (χ1v) is 5.17. The largest absolute Gasteiger partial charge is 0.491 e. The third-order valence-corrected chi connectivity index (χ3v) is 2.09. The van der Waals surface area contributed by atoms with Crippen molar-refractivity contribution < 1.29 is 9.84 Å². The Labute approximate surface area is 95.5 Å². The van der Waals surface area contributed by atoms with Crippen molar-refractivity contribution in [1.82, 2.24) is 5.32 Å². The minimum atomic E-state index is -0.510. The summed E-state index contributed by atoms with van der Waals surface area (Å²) in [6, 6.07) is 9.39. The van der Waals surface area contributed by atoms with Gasteiger partial charge in [0.2, 0.25) is 0 Å². The van der Waals surface area contributed by atoms with E-state index >= 15 is 0 Å². The van der Waals surface area contributed by atoms with E-state index in [2.05, 4.69) is 11.4 Å². The lowest BCUT2D eigenvalue weighted by atomic mass is 10.2. The van der Waals surface area contributed by atoms with Gasteiger partial charge in [0.15, 0.2) is 0 Å². The molecule has 1 atom stereocenters. The van der Waals surface area contributed by atoms with Gasteiger partial charge in [0.05, 0.1) is 12.5 Å². The number of benzene rings is 1. The molecule has 0 aliphatic heterocycles. The fourth-order valence-corrected chi connectivity index (χ4v) is 1.28. The first-order chi connectivity index (χ1) is 7.76. The molecule has 0 saturated heterocycles. The van der Waals surface area contributed by atoms with E-state index in [1.54, 1.807) is 19.2 Å². The number of ether oxygens (including phenoxy) is 1. The van der Waals surface area contributed by atoms with Crippen molar-refractivity contribution in [2.24, 2.45) is 0 Å². The third-order valence-electron chi connectivity index (χ3n) is 2.09. The minimum absolute atomic E-state index is 0.262. The normalized spacial score (nSPS) is 11.8. The molecule has 2 N–H and O–H groups in total. The zero-order valence-electron chi connectivity index (χ0n) is 9.31. The molecule has 1 rings (SSSR count). The van der Waals surface area contributed by atoms with Crippen LogP contribution in [0.25, 0.3) is 0 Å². The van der Waals surface area contributed by atoms with Gasteiger partial charge in [-0.15, -0.1) is 0 Å². The highest BCUT2D eigenvalue weighted by atomic mass is 16.5. The van der Waals surface area contributed by atoms with Crippen molar-refractivity contribution in [3.05, 3.63) is 29.8 Å². The summed E-state index contributed by atoms with van der Waals surface area (Å²) in [5.74, 6) is 0.705. The molecule has 1 unspecified atom stereocenters. The Kier molecular flexibility index (Phi) is 5.34. The van der Waals surface area contributed by atoms with E-state index in [4.69, 9.17) is 10.00 Å². The molecule has 1 aromatic rings. The van der Waals surface area contributed by atoms with Gasteiger partial charge in [-0.1, -0.05) is 12.1 Å². The monoisotopic (exact) mass is 220 g/mol. The fourth-order valence-electron chi connectivity index (χ4n) is 1.28. The second kappa shape index (κ2) is 6.83. The number of aliphatic hydroxyl groups excluding tert-OH is 1. The second-order valence-corrected chi connectivity index (χ2v) is 3.50. The molecular weight excluding hydrogens is 204 g/mol. The van der Waals surface area contributed by atoms with Crippen molar-refractivity contribution in [3.63, 3.8) is 0 Å². The van der Waals surface area contributed by atoms with Gasteiger partial charge in [0.1, 0.15) is 18.5 Å². The van der Waals surface area contributed by atoms with Gasteiger partial charge in [0, 0.05) is 6.54 Å². The zero-order chi connectivity index (χ0) is 11.8. The van der Waals surface area contributed by atoms with Gasteiger partial charge < -0.3 is 15.2 Å². The Morgan fingerprint density at radius 1 is 1.44 bits per heavy atom. The Morgan fingerprint density at radius 2 is 2.12 bits per heavy atom. The SMILES string of the molecule is CNCC(O)COc1ccc(CC#N)cc1. The van der Waals surface area contributed by atoms with E-state index < -0.39 is 6.10 Å². The van der Waals surface area contributed by atoms with E-state index in [9.17, 15) is 5.11 Å². The summed E-state index contributed by atoms with van der Waals surface area (Å²) < 4.78 is 5.38. The quantitative estimate of drug-likeness (QED) is 0.741. The van der Waals surface area contributed by atoms with Crippen molar-refractivity contribution >= 4 is 0 Å². The van der Waals surface area contributed by atoms with Crippen molar-refractivity contribution in [3.8, 4) is 11.8 Å². The summed E-state index contributed by atoms with van der Waals surface area (Å²) in [5, 5.41) is 20.8. The summed E-state index contributed by atoms with van der Waals surface area (Å²) in [4.78, 5) is 0. The van der Waals surface area contributed by atoms with E-state index in [0.717, 1.165) is 5.56 Å². The molecule has 0 saturated carbocycles. The van der Waals surface area contributed by atoms with Crippen LogP contribution in [-0.4, -0.2) is 31.4 Å². The topological polar surface area (TPSA) is 65.3 Å². The van der Waals surface area contributed by atoms with E-state index in [1.807, 2.05) is 12.1 Å². The van der Waals surface area contributed by atoms with Crippen molar-refractivity contribution in [2.45, 2.75) is 12.5 Å². The molecule has 0 radical (unpaired) electrons. The number of likely N-dealkylation sites (N-methyl/N-ethyl adjacent to an activating group) is 1. The van der Waals surface area contributed by atoms with Crippen LogP contribution in [0.3, 0.4) is 0 Å². The highest BCUT2D eigenvalue weighted by molar-refractivity contribution is 5.28. The molecule has 0 aliphatic rings. The van der Waals surface area contributed by atoms with Crippen LogP contribution in [0.5, 0.6) is 5.75 Å². The van der Waals surface area contributed by atoms with Gasteiger partial charge in [0.25, 0.3) is 0 Å². The van der Waals surface area contributed by atoms with Crippen LogP contribution in [0, 0.1) is 11.3 Å². The summed E-state index contributed by atoms with van der Waals surface area (Å²) in [7, 11) is 1.78. The smallest absolute Gasteiger partial charge is 0.119 e. The second-order valence-electron chi connectivity index (χ2n) is 3.50. The molecule has 0 amide bonds. The Bertz CT molecular complexity index is 343. The van der Waals surface area contributed by atoms with Crippen LogP contribution in [0.1, 0.15) is 5.56 Å². The lowest BCUT2D eigenvalue weighted by Gasteiger charge is -2.11. The van der Waals surface area contributed by atoms with E-state index in [-0.39, 0.29) is 6.61 Å². The number of nitrogens with zero attached hydrogens (tertiary/aromatic N) is 1. The predicted molar refractivity (Wildman–Crippen MR) is 61.2 cm³/mol. The molecule has 0 bridgehead atoms. The summed E-state index contributed by atoms with van der Waals surface area (Å²) in [6.45, 7) is 0.769. The maximum atomic E-state index is 9.42. The Hall–Kier alpha value is -1.57. The maximum Gasteiger partial charge on any atom is 0.119 e. The predicted octanol–water partition coefficient (Wildman–Crippen LogP) is 0.712. The van der Waals surface area contributed by atoms with Crippen LogP contribution < -0.4 is 10.1 Å². The highest BCUT2D eigenvalue weighted by Gasteiger charge is 2.03. The lowest BCUT2D eigenvalue weighted by molar-refractivity contribution is 0.108. The van der Waals surface area contributed by atoms with Crippen LogP contribution >= 0.6 is 0 Å². The number of hydrogen-bond donors (Lipinski definition) is 2. The molecular formula is C12H16N2O2. The zero-order valence-corrected chi connectivity index (χ0v) is 9.31. The molecule has 0 heterocycles. The van der Waals surface area contributed by atoms with Crippen molar-refractivity contribution in [2.75, 3.05) is 20.2 Å². The van der Waals surface area contributed by atoms with Crippen LogP contribution in [0.15, 0.2) is 24.3 Å². The molecule has 1 aromatic carbocycles. The molecule has 0 aliphatic carbocycles. The number of hydrogen-bond acceptors (Lipinski definition) is 4. The number of rotatable bonds is 6. The summed E-state index contributed by atoms with van der Waals surface area (Å²) >= 11 is 0. The standard InChI is InChI=1S/C12H16N2O2/c1-14-8-11(15)9-16-12-4-2-10(3-5-12)6-7-13/h2-5,11,14-15H,6,8-9H2,1H3. The van der Waals surface area contributed by atoms with Gasteiger partial charge in [-0.25, -0.2) is 0 Å². The van der Waals surface area contributed by atoms with Gasteiger partial charge in [-0.3, -0.25) is 0 Å². The molecule has 86 valence electrons. The minimum Gasteiger partial charge on any atom is -0.491 e. The van der Waals surface area contributed by atoms with Crippen molar-refractivity contribution in [1.29, 1.82) is 5.26 Å². The average Bonchev–Trinajstić information content (AvgIpc) is 2.29. The number of aliphatic hydroxyl groups is 1. The maximum absolute atomic E-state index is 9.42. The summed E-state index contributed by atoms with van der Waals surface area (Å²) in [5.41, 5.74) is 0.964. The first-order valence-electron chi connectivity index (χ1n) is 5.17. The summed E-state index contributed by atoms with van der Waals surface area (Å²) in [6.07, 6.45) is -0.105. The molecule has 0 aromatic heterocycles. The van der Waals surface area contributed by atoms with Gasteiger partial charge in [-0.2, -0.15) is 5.26 Å². The fraction of sp³-hybridized carbons (Fsp3) is 0.417. The molecule has 16 heavy (non-hydrogen) atoms. The lowest BCUT2D eigenvalue weighted by Crippen LogP contribution is -2.29. The van der Waals surface area contributed by atoms with E-state index in [0.29, 0.717) is 18.7 Å². The molecule has 4 heteroatoms. The third kappa shape index (κ3) is 4.30. The number of nitrogens with one attached hydrogen (secondary N) is 1. The molecule has 0 fully saturated rings. The van der Waals surface area contributed by atoms with Crippen LogP contribution in [0.2, 0.25) is 0 Å². The van der Waals surface area contributed by atoms with Crippen LogP contribution in [0.4, 0.5) is 0 Å². The first kappa shape index (κ1) is 12.5. The highest BCUT2D eigenvalue weighted by Crippen LogP contribution is 2.12. The Balaban J connectivity index is 2.40. The number of nitriles is 1. The molecule has 4 nitrogen and oxygen atoms in total. The average molecular weight is 220 g/mol. The molecule has 0 spiro atoms. The Morgan fingerprint density at radius 3 is 2.69 bits per heavy atom. The van der Waals surface area contributed by atoms with Gasteiger partial charge in [-0.05, 0) is 24.7 Å². The van der Waals surface area contributed by atoms with Gasteiger partial charge >= 0.3 is 0 Å². The van der Waals surface area contributed by atoms with E-state index in [1.165, 1.54) is 0 Å². The van der Waals surface area contributed by atoms with Crippen LogP contribution in [-0.2, 0) is 6.42 Å².